The zero-order valence-electron chi connectivity index (χ0n) is 18.6. The first-order valence-electron chi connectivity index (χ1n) is 10.4. The van der Waals surface area contributed by atoms with Crippen LogP contribution in [-0.2, 0) is 21.3 Å². The molecule has 1 aliphatic rings. The van der Waals surface area contributed by atoms with Gasteiger partial charge in [-0.05, 0) is 39.8 Å². The number of morpholine rings is 1. The second kappa shape index (κ2) is 9.06. The molecular weight excluding hydrogens is 386 g/mol. The maximum absolute atomic E-state index is 13.0. The summed E-state index contributed by atoms with van der Waals surface area (Å²) < 4.78 is 18.5. The first kappa shape index (κ1) is 22.1. The fourth-order valence-electron chi connectivity index (χ4n) is 4.33. The number of carbonyl (C=O) groups excluding carboxylic acids is 2. The summed E-state index contributed by atoms with van der Waals surface area (Å²) in [7, 11) is 3.44. The number of methoxy groups -OCH3 is 1. The summed E-state index contributed by atoms with van der Waals surface area (Å²) in [5, 5.41) is 3.65. The van der Waals surface area contributed by atoms with Crippen LogP contribution in [0.15, 0.2) is 12.1 Å². The van der Waals surface area contributed by atoms with Gasteiger partial charge in [0, 0.05) is 18.1 Å². The predicted octanol–water partition coefficient (Wildman–Crippen LogP) is 1.30. The molecule has 164 valence electrons. The molecule has 1 saturated heterocycles. The van der Waals surface area contributed by atoms with E-state index in [0.29, 0.717) is 28.9 Å². The van der Waals surface area contributed by atoms with Crippen molar-refractivity contribution in [3.8, 4) is 5.75 Å². The molecule has 1 aromatic carbocycles. The quantitative estimate of drug-likeness (QED) is 0.691. The average molecular weight is 419 g/mol. The van der Waals surface area contributed by atoms with E-state index in [1.54, 1.807) is 20.1 Å². The van der Waals surface area contributed by atoms with Crippen LogP contribution in [-0.4, -0.2) is 62.0 Å². The third-order valence-corrected chi connectivity index (χ3v) is 5.61. The van der Waals surface area contributed by atoms with Gasteiger partial charge in [-0.2, -0.15) is 0 Å². The highest BCUT2D eigenvalue weighted by Crippen LogP contribution is 2.38. The van der Waals surface area contributed by atoms with Gasteiger partial charge in [-0.25, -0.2) is 4.79 Å². The highest BCUT2D eigenvalue weighted by molar-refractivity contribution is 6.14. The molecule has 1 aromatic heterocycles. The van der Waals surface area contributed by atoms with Crippen molar-refractivity contribution < 1.29 is 28.7 Å². The topological polar surface area (TPSA) is 83.2 Å². The number of quaternary nitrogens is 1. The fraction of sp³-hybridized carbons (Fsp3) is 0.545. The van der Waals surface area contributed by atoms with Crippen molar-refractivity contribution >= 4 is 28.5 Å². The summed E-state index contributed by atoms with van der Waals surface area (Å²) >= 11 is 0. The molecule has 1 amide bonds. The molecule has 0 unspecified atom stereocenters. The standard InChI is InChI=1S/C22H31N3O5/c1-7-29-22(27)19-15(4)24(5)16-8-9-17(28-6)21(20(16)19)23-18(26)12-25-10-13(2)30-14(3)11-25/h8-9,13-14H,7,10-12H2,1-6H3,(H,23,26)/p+1/t13-,14-/m0/s1. The lowest BCUT2D eigenvalue weighted by Crippen LogP contribution is -3.16. The molecule has 1 fully saturated rings. The van der Waals surface area contributed by atoms with Gasteiger partial charge in [-0.3, -0.25) is 4.79 Å². The number of nitrogens with zero attached hydrogens (tertiary/aromatic N) is 1. The smallest absolute Gasteiger partial charge is 0.340 e. The number of aryl methyl sites for hydroxylation is 1. The van der Waals surface area contributed by atoms with Crippen LogP contribution in [0.2, 0.25) is 0 Å². The molecule has 30 heavy (non-hydrogen) atoms. The second-order valence-corrected chi connectivity index (χ2v) is 7.92. The van der Waals surface area contributed by atoms with E-state index in [4.69, 9.17) is 14.2 Å². The largest absolute Gasteiger partial charge is 0.495 e. The van der Waals surface area contributed by atoms with Gasteiger partial charge in [0.1, 0.15) is 31.0 Å². The van der Waals surface area contributed by atoms with Crippen LogP contribution >= 0.6 is 0 Å². The van der Waals surface area contributed by atoms with Gasteiger partial charge in [0.15, 0.2) is 6.54 Å². The summed E-state index contributed by atoms with van der Waals surface area (Å²) in [6.07, 6.45) is 0.225. The summed E-state index contributed by atoms with van der Waals surface area (Å²) in [6.45, 7) is 9.83. The molecule has 8 heteroatoms. The SMILES string of the molecule is CCOC(=O)c1c(C)n(C)c2ccc(OC)c(NC(=O)C[NH+]3C[C@H](C)O[C@@H](C)C3)c12. The van der Waals surface area contributed by atoms with Crippen LogP contribution in [0.1, 0.15) is 36.8 Å². The Kier molecular flexibility index (Phi) is 6.67. The van der Waals surface area contributed by atoms with Crippen molar-refractivity contribution in [3.63, 3.8) is 0 Å². The van der Waals surface area contributed by atoms with E-state index in [-0.39, 0.29) is 24.7 Å². The Bertz CT molecular complexity index is 942. The molecule has 0 bridgehead atoms. The molecule has 2 atom stereocenters. The van der Waals surface area contributed by atoms with E-state index in [9.17, 15) is 9.59 Å². The van der Waals surface area contributed by atoms with Crippen LogP contribution in [0, 0.1) is 6.92 Å². The van der Waals surface area contributed by atoms with Gasteiger partial charge in [0.25, 0.3) is 5.91 Å². The number of aromatic nitrogens is 1. The van der Waals surface area contributed by atoms with E-state index in [2.05, 4.69) is 5.32 Å². The molecule has 0 aliphatic carbocycles. The monoisotopic (exact) mass is 418 g/mol. The Morgan fingerprint density at radius 1 is 1.27 bits per heavy atom. The Morgan fingerprint density at radius 3 is 2.53 bits per heavy atom. The minimum Gasteiger partial charge on any atom is -0.495 e. The lowest BCUT2D eigenvalue weighted by molar-refractivity contribution is -0.907. The van der Waals surface area contributed by atoms with E-state index in [1.165, 1.54) is 4.90 Å². The predicted molar refractivity (Wildman–Crippen MR) is 114 cm³/mol. The summed E-state index contributed by atoms with van der Waals surface area (Å²) in [4.78, 5) is 26.8. The number of anilines is 1. The van der Waals surface area contributed by atoms with Crippen molar-refractivity contribution in [2.75, 3.05) is 38.7 Å². The number of fused-ring (bicyclic) bond motifs is 1. The Morgan fingerprint density at radius 2 is 1.93 bits per heavy atom. The van der Waals surface area contributed by atoms with Crippen LogP contribution in [0.3, 0.4) is 0 Å². The van der Waals surface area contributed by atoms with Gasteiger partial charge < -0.3 is 29.0 Å². The summed E-state index contributed by atoms with van der Waals surface area (Å²) in [6, 6.07) is 3.69. The second-order valence-electron chi connectivity index (χ2n) is 7.92. The minimum absolute atomic E-state index is 0.113. The minimum atomic E-state index is -0.411. The van der Waals surface area contributed by atoms with Crippen LogP contribution in [0.4, 0.5) is 5.69 Å². The molecular formula is C22H32N3O5+. The fourth-order valence-corrected chi connectivity index (χ4v) is 4.33. The molecule has 0 saturated carbocycles. The van der Waals surface area contributed by atoms with Gasteiger partial charge in [-0.1, -0.05) is 0 Å². The van der Waals surface area contributed by atoms with Gasteiger partial charge in [-0.15, -0.1) is 0 Å². The van der Waals surface area contributed by atoms with Crippen LogP contribution in [0.5, 0.6) is 5.75 Å². The first-order chi connectivity index (χ1) is 14.3. The average Bonchev–Trinajstić information content (AvgIpc) is 2.92. The van der Waals surface area contributed by atoms with Crippen molar-refractivity contribution in [2.24, 2.45) is 7.05 Å². The van der Waals surface area contributed by atoms with Crippen molar-refractivity contribution in [1.82, 2.24) is 4.57 Å². The molecule has 8 nitrogen and oxygen atoms in total. The molecule has 0 radical (unpaired) electrons. The normalized spacial score (nSPS) is 21.5. The number of ether oxygens (including phenoxy) is 3. The van der Waals surface area contributed by atoms with Crippen LogP contribution in [0.25, 0.3) is 10.9 Å². The third-order valence-electron chi connectivity index (χ3n) is 5.61. The van der Waals surface area contributed by atoms with Gasteiger partial charge in [0.2, 0.25) is 0 Å². The zero-order valence-corrected chi connectivity index (χ0v) is 18.6. The van der Waals surface area contributed by atoms with Crippen molar-refractivity contribution in [1.29, 1.82) is 0 Å². The maximum Gasteiger partial charge on any atom is 0.340 e. The van der Waals surface area contributed by atoms with Crippen LogP contribution < -0.4 is 15.0 Å². The number of esters is 1. The number of nitrogens with one attached hydrogen (secondary N) is 2. The number of amides is 1. The highest BCUT2D eigenvalue weighted by Gasteiger charge is 2.29. The lowest BCUT2D eigenvalue weighted by Gasteiger charge is -2.32. The maximum atomic E-state index is 13.0. The number of carbonyl (C=O) groups is 2. The molecule has 2 N–H and O–H groups in total. The molecule has 3 rings (SSSR count). The first-order valence-corrected chi connectivity index (χ1v) is 10.4. The number of benzene rings is 1. The van der Waals surface area contributed by atoms with E-state index in [1.807, 2.05) is 38.5 Å². The zero-order chi connectivity index (χ0) is 22.0. The Hall–Kier alpha value is -2.58. The van der Waals surface area contributed by atoms with Crippen molar-refractivity contribution in [3.05, 3.63) is 23.4 Å². The van der Waals surface area contributed by atoms with E-state index in [0.717, 1.165) is 24.3 Å². The van der Waals surface area contributed by atoms with E-state index >= 15 is 0 Å². The van der Waals surface area contributed by atoms with E-state index < -0.39 is 5.97 Å². The Balaban J connectivity index is 1.98. The number of hydrogen-bond acceptors (Lipinski definition) is 5. The molecule has 1 aliphatic heterocycles. The molecule has 0 spiro atoms. The van der Waals surface area contributed by atoms with Gasteiger partial charge >= 0.3 is 5.97 Å². The lowest BCUT2D eigenvalue weighted by atomic mass is 10.1. The number of hydrogen-bond donors (Lipinski definition) is 2. The van der Waals surface area contributed by atoms with Crippen molar-refractivity contribution in [2.45, 2.75) is 39.9 Å². The molecule has 2 heterocycles. The molecule has 2 aromatic rings. The number of rotatable bonds is 6. The summed E-state index contributed by atoms with van der Waals surface area (Å²) in [5.41, 5.74) is 2.55. The Labute approximate surface area is 177 Å². The summed E-state index contributed by atoms with van der Waals surface area (Å²) in [5.74, 6) is -0.0371. The van der Waals surface area contributed by atoms with Gasteiger partial charge in [0.05, 0.1) is 30.5 Å². The third kappa shape index (κ3) is 4.29. The highest BCUT2D eigenvalue weighted by atomic mass is 16.5.